The molecule has 682 valence electrons. The van der Waals surface area contributed by atoms with Crippen molar-refractivity contribution in [1.29, 1.82) is 0 Å². The Bertz CT molecular complexity index is 6060. The first-order valence-corrected chi connectivity index (χ1v) is 45.6. The van der Waals surface area contributed by atoms with Crippen molar-refractivity contribution in [3.63, 3.8) is 0 Å². The molecule has 0 radical (unpaired) electrons. The van der Waals surface area contributed by atoms with Gasteiger partial charge in [0.2, 0.25) is 11.8 Å². The van der Waals surface area contributed by atoms with Crippen LogP contribution in [0.1, 0.15) is 167 Å². The smallest absolute Gasteiger partial charge is 0.321 e. The number of piperidine rings is 3. The van der Waals surface area contributed by atoms with Crippen LogP contribution in [0.2, 0.25) is 0 Å². The molecule has 1 unspecified atom stereocenters. The van der Waals surface area contributed by atoms with Crippen molar-refractivity contribution in [2.75, 3.05) is 69.7 Å². The van der Waals surface area contributed by atoms with Crippen LogP contribution in [0.4, 0.5) is 29.3 Å². The maximum Gasteiger partial charge on any atom is 0.321 e. The van der Waals surface area contributed by atoms with Crippen LogP contribution >= 0.6 is 0 Å². The predicted molar refractivity (Wildman–Crippen MR) is 499 cm³/mol. The minimum atomic E-state index is -1.28. The Balaban J connectivity index is 0.000000200. The molecule has 5 amide bonds. The fourth-order valence-electron chi connectivity index (χ4n) is 18.4. The topological polar surface area (TPSA) is 303 Å². The number of likely N-dealkylation sites (tertiary alicyclic amines) is 3. The largest absolute Gasteiger partial charge is 0.393 e. The molecule has 5 aromatic carbocycles. The summed E-state index contributed by atoms with van der Waals surface area (Å²) in [5.41, 5.74) is 12.8. The lowest BCUT2D eigenvalue weighted by atomic mass is 9.93. The van der Waals surface area contributed by atoms with E-state index in [4.69, 9.17) is 9.47 Å². The van der Waals surface area contributed by atoms with Crippen LogP contribution in [-0.4, -0.2) is 170 Å². The molecule has 11 aromatic rings. The van der Waals surface area contributed by atoms with Gasteiger partial charge < -0.3 is 69.4 Å². The first-order chi connectivity index (χ1) is 62.6. The number of hydrogen-bond acceptors (Lipinski definition) is 16. The van der Waals surface area contributed by atoms with Crippen LogP contribution in [0.3, 0.4) is 0 Å². The molecule has 28 heteroatoms. The van der Waals surface area contributed by atoms with E-state index < -0.39 is 35.1 Å². The number of halogens is 3. The number of aliphatic hydroxyl groups excluding tert-OH is 1. The number of hydrogen-bond donors (Lipinski definition) is 7. The van der Waals surface area contributed by atoms with E-state index in [1.807, 2.05) is 43.5 Å². The zero-order valence-electron chi connectivity index (χ0n) is 75.1. The van der Waals surface area contributed by atoms with Crippen molar-refractivity contribution < 1.29 is 52.0 Å². The lowest BCUT2D eigenvalue weighted by molar-refractivity contribution is -0.132. The molecule has 6 aromatic heterocycles. The Morgan fingerprint density at radius 1 is 0.608 bits per heavy atom. The minimum Gasteiger partial charge on any atom is -0.393 e. The number of nitrogens with zero attached hydrogens (tertiary/aromatic N) is 10. The van der Waals surface area contributed by atoms with Gasteiger partial charge in [-0.3, -0.25) is 28.9 Å². The van der Waals surface area contributed by atoms with Crippen LogP contribution in [0, 0.1) is 49.1 Å². The van der Waals surface area contributed by atoms with Gasteiger partial charge in [0.15, 0.2) is 0 Å². The molecule has 4 aliphatic heterocycles. The van der Waals surface area contributed by atoms with Gasteiger partial charge in [-0.2, -0.15) is 0 Å². The molecule has 1 saturated carbocycles. The standard InChI is InChI=1S/C53H66FN9O5.C49H52F2N6O5/c1-33(2)24-39-25-40(26-48(39)64)51(65)59-46-28-41(54)27-44(35(46)4)49-45-29-47(58-50(45)56-32-55-49)37-9-7-36(8-10-37)30-61-19-14-43(15-20-61)68-42-12-17-60(18-13-42)22-23-62-16-5-6-38(52(62)66)31-63-21-11-34(3)57-53(63)67;1-31-18-20-57(44(58)24-31)29-35-11-9-19-56(48(35)60)21-23-62-22-8-6-5-7-10-33-12-14-34(15-13-33)43-28-40-45(52-30-53-46(40)54-43)39-26-37(50)27-42(32(39)2)55-47(59)38-17-16-36(25-41(38)51)49(3,4)61/h5-10,16,27-29,32-33,39-40,42-43,48,64H,3,11-15,17-26,30-31H2,1-2,4H3,(H,57,67)(H,59,65)(H,55,56,58);9,11-17,19,25-28,30,61H,1,5-8,10,18,20-24,29H2,2-4H3,(H,55,59)(H,52,53,54)/t39-,40?,48-;/m0./s1. The lowest BCUT2D eigenvalue weighted by Gasteiger charge is -2.37. The molecule has 4 saturated heterocycles. The number of H-pyrrole nitrogens is 2. The van der Waals surface area contributed by atoms with Gasteiger partial charge in [-0.05, 0) is 210 Å². The van der Waals surface area contributed by atoms with Gasteiger partial charge in [0.05, 0.1) is 60.6 Å². The van der Waals surface area contributed by atoms with Gasteiger partial charge in [-0.1, -0.05) is 112 Å². The van der Waals surface area contributed by atoms with Crippen LogP contribution in [0.25, 0.3) is 67.1 Å². The summed E-state index contributed by atoms with van der Waals surface area (Å²) in [7, 11) is 0. The number of urea groups is 1. The summed E-state index contributed by atoms with van der Waals surface area (Å²) >= 11 is 0. The van der Waals surface area contributed by atoms with Gasteiger partial charge in [0.1, 0.15) is 41.4 Å². The Labute approximate surface area is 755 Å². The Kier molecular flexibility index (Phi) is 29.8. The van der Waals surface area contributed by atoms with Crippen molar-refractivity contribution in [3.05, 3.63) is 260 Å². The zero-order chi connectivity index (χ0) is 91.4. The van der Waals surface area contributed by atoms with Crippen LogP contribution in [-0.2, 0) is 63.8 Å². The van der Waals surface area contributed by atoms with Gasteiger partial charge in [-0.25, -0.2) is 37.9 Å². The molecule has 130 heavy (non-hydrogen) atoms. The van der Waals surface area contributed by atoms with Crippen molar-refractivity contribution >= 4 is 57.2 Å². The number of pyridine rings is 2. The van der Waals surface area contributed by atoms with Crippen LogP contribution < -0.4 is 27.1 Å². The van der Waals surface area contributed by atoms with Crippen molar-refractivity contribution in [3.8, 4) is 45.0 Å². The Morgan fingerprint density at radius 3 is 1.75 bits per heavy atom. The van der Waals surface area contributed by atoms with E-state index in [2.05, 4.69) is 131 Å². The summed E-state index contributed by atoms with van der Waals surface area (Å²) in [4.78, 5) is 111. The normalized spacial score (nSPS) is 17.5. The van der Waals surface area contributed by atoms with E-state index >= 15 is 8.78 Å². The SMILES string of the molecule is C=C1CCN(Cc2cccn(CCN3CCC(OC4CCN(Cc5ccc(-c6cc7c(-c8cc(F)cc(NC(=O)C9C[C@H](CC(C)C)[C@@H](O)C9)c8C)ncnc7[nH]6)cc5)CC4)CC3)c2=O)C(=O)N1.C=C1CCN(Cc2cccn(CCOCCCCCCc3ccc(-c4cc5c(-c6cc(F)cc(NC(=O)c7ccc(C(C)(C)O)cc7F)c6C)ncnc5[nH]4)cc3)c2=O)C(=O)C1. The Morgan fingerprint density at radius 2 is 1.17 bits per heavy atom. The second kappa shape index (κ2) is 41.8. The van der Waals surface area contributed by atoms with Gasteiger partial charge in [-0.15, -0.1) is 0 Å². The number of ether oxygens (including phenoxy) is 2. The molecule has 10 heterocycles. The first-order valence-electron chi connectivity index (χ1n) is 45.6. The monoisotopic (exact) mass is 1770 g/mol. The van der Waals surface area contributed by atoms with Crippen molar-refractivity contribution in [1.82, 2.24) is 64.0 Å². The number of fused-ring (bicyclic) bond motifs is 2. The second-order valence-electron chi connectivity index (χ2n) is 36.5. The third-order valence-electron chi connectivity index (χ3n) is 26.0. The number of unbranched alkanes of at least 4 members (excludes halogenated alkanes) is 3. The third kappa shape index (κ3) is 23.0. The number of carbonyl (C=O) groups is 4. The van der Waals surface area contributed by atoms with E-state index in [1.54, 1.807) is 38.1 Å². The summed E-state index contributed by atoms with van der Waals surface area (Å²) in [6.07, 6.45) is 19.2. The highest BCUT2D eigenvalue weighted by Crippen LogP contribution is 2.41. The first kappa shape index (κ1) is 92.7. The quantitative estimate of drug-likeness (QED) is 0.0152. The molecule has 16 rings (SSSR count). The molecule has 25 nitrogen and oxygen atoms in total. The van der Waals surface area contributed by atoms with Gasteiger partial charge in [0.25, 0.3) is 17.0 Å². The molecule has 3 atom stereocenters. The van der Waals surface area contributed by atoms with Gasteiger partial charge >= 0.3 is 6.03 Å². The van der Waals surface area contributed by atoms with Crippen LogP contribution in [0.5, 0.6) is 0 Å². The highest BCUT2D eigenvalue weighted by atomic mass is 19.1. The maximum atomic E-state index is 15.3. The number of amides is 5. The minimum absolute atomic E-state index is 0.0175. The maximum absolute atomic E-state index is 15.3. The highest BCUT2D eigenvalue weighted by Gasteiger charge is 2.38. The number of aromatic nitrogens is 8. The average molecular weight is 1770 g/mol. The number of aliphatic hydroxyl groups is 2. The zero-order valence-corrected chi connectivity index (χ0v) is 75.1. The molecular weight excluding hydrogens is 1650 g/mol. The number of aromatic amines is 2. The molecule has 7 N–H and O–H groups in total. The van der Waals surface area contributed by atoms with Crippen molar-refractivity contribution in [2.24, 2.45) is 17.8 Å². The summed E-state index contributed by atoms with van der Waals surface area (Å²) in [6, 6.07) is 37.2. The van der Waals surface area contributed by atoms with Crippen molar-refractivity contribution in [2.45, 2.75) is 194 Å². The average Bonchev–Trinajstić information content (AvgIpc) is 1.65. The van der Waals surface area contributed by atoms with Gasteiger partial charge in [0, 0.05) is 165 Å². The molecule has 1 aliphatic carbocycles. The van der Waals surface area contributed by atoms with E-state index in [0.717, 1.165) is 149 Å². The molecule has 0 spiro atoms. The summed E-state index contributed by atoms with van der Waals surface area (Å²) in [5, 5.41) is 30.7. The van der Waals surface area contributed by atoms with E-state index in [1.165, 1.54) is 74.0 Å². The number of anilines is 2. The fraction of sp³-hybridized carbons (Fsp3) is 0.412. The predicted octanol–water partition coefficient (Wildman–Crippen LogP) is 16.9. The molecular formula is C102H118F3N15O10. The Hall–Kier alpha value is -12.1. The van der Waals surface area contributed by atoms with E-state index in [9.17, 15) is 43.4 Å². The van der Waals surface area contributed by atoms with E-state index in [0.29, 0.717) is 162 Å². The number of rotatable bonds is 32. The summed E-state index contributed by atoms with van der Waals surface area (Å²) in [5.74, 6) is -2.61. The lowest BCUT2D eigenvalue weighted by Crippen LogP contribution is -2.45. The fourth-order valence-corrected chi connectivity index (χ4v) is 18.4. The molecule has 5 aliphatic rings. The highest BCUT2D eigenvalue weighted by molar-refractivity contribution is 6.06. The summed E-state index contributed by atoms with van der Waals surface area (Å²) < 4.78 is 61.2. The number of carbonyl (C=O) groups excluding carboxylic acids is 4. The second-order valence-corrected chi connectivity index (χ2v) is 36.5. The molecule has 0 bridgehead atoms. The number of nitrogens with one attached hydrogen (secondary N) is 5. The van der Waals surface area contributed by atoms with Crippen LogP contribution in [0.15, 0.2) is 186 Å². The third-order valence-corrected chi connectivity index (χ3v) is 26.0. The molecule has 5 fully saturated rings. The van der Waals surface area contributed by atoms with E-state index in [-0.39, 0.29) is 64.3 Å². The summed E-state index contributed by atoms with van der Waals surface area (Å²) in [6.45, 7) is 28.1. The number of aryl methyl sites for hydroxylation is 1. The number of benzene rings is 5.